The van der Waals surface area contributed by atoms with Crippen molar-refractivity contribution < 1.29 is 9.59 Å². The predicted octanol–water partition coefficient (Wildman–Crippen LogP) is 2.37. The fourth-order valence-electron chi connectivity index (χ4n) is 3.37. The quantitative estimate of drug-likeness (QED) is 0.670. The molecule has 1 fully saturated rings. The third kappa shape index (κ3) is 5.48. The fourth-order valence-corrected chi connectivity index (χ4v) is 3.37. The number of benzene rings is 2. The van der Waals surface area contributed by atoms with E-state index in [0.29, 0.717) is 11.3 Å². The van der Waals surface area contributed by atoms with Crippen LogP contribution in [0.15, 0.2) is 48.5 Å². The van der Waals surface area contributed by atoms with Crippen LogP contribution in [0.1, 0.15) is 24.2 Å². The van der Waals surface area contributed by atoms with Gasteiger partial charge in [0, 0.05) is 48.8 Å². The van der Waals surface area contributed by atoms with E-state index in [9.17, 15) is 9.59 Å². The molecule has 1 heterocycles. The first-order chi connectivity index (χ1) is 14.0. The molecule has 154 valence electrons. The molecule has 3 rings (SSSR count). The lowest BCUT2D eigenvalue weighted by Crippen LogP contribution is -2.46. The van der Waals surface area contributed by atoms with Gasteiger partial charge in [0.15, 0.2) is 0 Å². The van der Waals surface area contributed by atoms with Crippen LogP contribution in [0.4, 0.5) is 17.1 Å². The van der Waals surface area contributed by atoms with Crippen molar-refractivity contribution in [1.82, 2.24) is 4.90 Å². The number of primary amides is 1. The number of likely N-dealkylation sites (N-methyl/N-ethyl adjacent to an activating group) is 1. The van der Waals surface area contributed by atoms with Crippen LogP contribution in [0, 0.1) is 0 Å². The van der Waals surface area contributed by atoms with Gasteiger partial charge in [-0.25, -0.2) is 0 Å². The summed E-state index contributed by atoms with van der Waals surface area (Å²) in [6, 6.07) is 14.3. The summed E-state index contributed by atoms with van der Waals surface area (Å²) in [5.41, 5.74) is 8.36. The van der Waals surface area contributed by atoms with Crippen molar-refractivity contribution in [3.8, 4) is 0 Å². The molecule has 1 aliphatic heterocycles. The molecule has 4 N–H and O–H groups in total. The molecule has 0 bridgehead atoms. The minimum Gasteiger partial charge on any atom is -0.374 e. The molecule has 0 spiro atoms. The number of piperazine rings is 1. The number of hydrogen-bond donors (Lipinski definition) is 3. The van der Waals surface area contributed by atoms with Gasteiger partial charge in [-0.1, -0.05) is 6.92 Å². The van der Waals surface area contributed by atoms with E-state index in [2.05, 4.69) is 39.5 Å². The highest BCUT2D eigenvalue weighted by Gasteiger charge is 2.16. The maximum Gasteiger partial charge on any atom is 0.248 e. The Morgan fingerprint density at radius 2 is 1.55 bits per heavy atom. The van der Waals surface area contributed by atoms with Gasteiger partial charge in [0.25, 0.3) is 0 Å². The Morgan fingerprint density at radius 1 is 0.966 bits per heavy atom. The molecule has 2 aromatic rings. The summed E-state index contributed by atoms with van der Waals surface area (Å²) < 4.78 is 0. The maximum absolute atomic E-state index is 12.4. The Balaban J connectivity index is 1.52. The first-order valence-corrected chi connectivity index (χ1v) is 10.0. The van der Waals surface area contributed by atoms with Gasteiger partial charge in [-0.3, -0.25) is 9.59 Å². The molecule has 1 saturated heterocycles. The second-order valence-electron chi connectivity index (χ2n) is 7.27. The van der Waals surface area contributed by atoms with Gasteiger partial charge < -0.3 is 26.2 Å². The highest BCUT2D eigenvalue weighted by molar-refractivity contribution is 5.97. The van der Waals surface area contributed by atoms with Gasteiger partial charge in [-0.2, -0.15) is 0 Å². The Bertz CT molecular complexity index is 827. The maximum atomic E-state index is 12.4. The summed E-state index contributed by atoms with van der Waals surface area (Å²) in [6.07, 6.45) is 0. The molecule has 0 aromatic heterocycles. The molecule has 2 amide bonds. The number of carbonyl (C=O) groups is 2. The van der Waals surface area contributed by atoms with E-state index in [1.54, 1.807) is 24.3 Å². The molecule has 0 unspecified atom stereocenters. The largest absolute Gasteiger partial charge is 0.374 e. The van der Waals surface area contributed by atoms with E-state index < -0.39 is 11.9 Å². The van der Waals surface area contributed by atoms with Crippen molar-refractivity contribution >= 4 is 28.9 Å². The van der Waals surface area contributed by atoms with Crippen LogP contribution >= 0.6 is 0 Å². The van der Waals surface area contributed by atoms with E-state index in [-0.39, 0.29) is 5.91 Å². The molecular weight excluding hydrogens is 366 g/mol. The predicted molar refractivity (Wildman–Crippen MR) is 117 cm³/mol. The second-order valence-corrected chi connectivity index (χ2v) is 7.27. The van der Waals surface area contributed by atoms with Crippen molar-refractivity contribution in [2.45, 2.75) is 19.9 Å². The van der Waals surface area contributed by atoms with Crippen molar-refractivity contribution in [1.29, 1.82) is 0 Å². The number of hydrogen-bond acceptors (Lipinski definition) is 5. The summed E-state index contributed by atoms with van der Waals surface area (Å²) in [6.45, 7) is 9.37. The molecule has 1 aliphatic rings. The summed E-state index contributed by atoms with van der Waals surface area (Å²) in [4.78, 5) is 28.4. The summed E-state index contributed by atoms with van der Waals surface area (Å²) in [7, 11) is 0. The van der Waals surface area contributed by atoms with Crippen LogP contribution in [0.25, 0.3) is 0 Å². The number of rotatable bonds is 7. The molecule has 0 aliphatic carbocycles. The Hall–Kier alpha value is -3.06. The summed E-state index contributed by atoms with van der Waals surface area (Å²) >= 11 is 0. The minimum atomic E-state index is -0.492. The average Bonchev–Trinajstić information content (AvgIpc) is 2.74. The van der Waals surface area contributed by atoms with Crippen LogP contribution in [-0.2, 0) is 4.79 Å². The molecule has 0 saturated carbocycles. The number of nitrogens with two attached hydrogens (primary N) is 1. The summed E-state index contributed by atoms with van der Waals surface area (Å²) in [5, 5.41) is 6.06. The number of amides is 2. The van der Waals surface area contributed by atoms with Gasteiger partial charge >= 0.3 is 0 Å². The number of anilines is 3. The molecule has 7 heteroatoms. The number of carbonyl (C=O) groups excluding carboxylic acids is 2. The van der Waals surface area contributed by atoms with Crippen molar-refractivity contribution in [3.63, 3.8) is 0 Å². The van der Waals surface area contributed by atoms with E-state index in [4.69, 9.17) is 5.73 Å². The van der Waals surface area contributed by atoms with Gasteiger partial charge in [-0.05, 0) is 62.0 Å². The van der Waals surface area contributed by atoms with E-state index in [1.165, 1.54) is 5.69 Å². The van der Waals surface area contributed by atoms with E-state index >= 15 is 0 Å². The Labute approximate surface area is 171 Å². The van der Waals surface area contributed by atoms with Crippen LogP contribution in [0.3, 0.4) is 0 Å². The zero-order chi connectivity index (χ0) is 20.8. The zero-order valence-corrected chi connectivity index (χ0v) is 17.0. The Kier molecular flexibility index (Phi) is 6.72. The van der Waals surface area contributed by atoms with Gasteiger partial charge in [0.2, 0.25) is 11.8 Å². The molecule has 2 aromatic carbocycles. The lowest BCUT2D eigenvalue weighted by molar-refractivity contribution is -0.116. The van der Waals surface area contributed by atoms with Crippen LogP contribution in [0.2, 0.25) is 0 Å². The van der Waals surface area contributed by atoms with E-state index in [1.807, 2.05) is 19.1 Å². The SMILES string of the molecule is CCN1CCN(c2ccc(N[C@H](C)C(=O)Nc3ccc(C(N)=O)cc3)cc2)CC1. The van der Waals surface area contributed by atoms with Crippen molar-refractivity contribution in [3.05, 3.63) is 54.1 Å². The van der Waals surface area contributed by atoms with Gasteiger partial charge in [0.05, 0.1) is 0 Å². The van der Waals surface area contributed by atoms with Crippen LogP contribution in [0.5, 0.6) is 0 Å². The minimum absolute atomic E-state index is 0.156. The topological polar surface area (TPSA) is 90.7 Å². The Morgan fingerprint density at radius 3 is 2.10 bits per heavy atom. The normalized spacial score (nSPS) is 15.6. The van der Waals surface area contributed by atoms with Crippen LogP contribution < -0.4 is 21.3 Å². The van der Waals surface area contributed by atoms with Crippen molar-refractivity contribution in [2.75, 3.05) is 48.3 Å². The zero-order valence-electron chi connectivity index (χ0n) is 17.0. The molecular formula is C22H29N5O2. The highest BCUT2D eigenvalue weighted by Crippen LogP contribution is 2.20. The van der Waals surface area contributed by atoms with Crippen molar-refractivity contribution in [2.24, 2.45) is 5.73 Å². The summed E-state index contributed by atoms with van der Waals surface area (Å²) in [5.74, 6) is -0.648. The monoisotopic (exact) mass is 395 g/mol. The second kappa shape index (κ2) is 9.43. The first kappa shape index (κ1) is 20.7. The average molecular weight is 396 g/mol. The smallest absolute Gasteiger partial charge is 0.248 e. The number of nitrogens with zero attached hydrogens (tertiary/aromatic N) is 2. The van der Waals surface area contributed by atoms with Crippen LogP contribution in [-0.4, -0.2) is 55.5 Å². The first-order valence-electron chi connectivity index (χ1n) is 10.0. The third-order valence-corrected chi connectivity index (χ3v) is 5.27. The third-order valence-electron chi connectivity index (χ3n) is 5.27. The molecule has 1 atom stereocenters. The fraction of sp³-hybridized carbons (Fsp3) is 0.364. The van der Waals surface area contributed by atoms with Gasteiger partial charge in [-0.15, -0.1) is 0 Å². The van der Waals surface area contributed by atoms with Gasteiger partial charge in [0.1, 0.15) is 6.04 Å². The lowest BCUT2D eigenvalue weighted by Gasteiger charge is -2.35. The molecule has 29 heavy (non-hydrogen) atoms. The highest BCUT2D eigenvalue weighted by atomic mass is 16.2. The lowest BCUT2D eigenvalue weighted by atomic mass is 10.2. The molecule has 7 nitrogen and oxygen atoms in total. The van der Waals surface area contributed by atoms with E-state index in [0.717, 1.165) is 38.4 Å². The number of nitrogens with one attached hydrogen (secondary N) is 2. The standard InChI is InChI=1S/C22H29N5O2/c1-3-26-12-14-27(15-13-26)20-10-8-18(9-11-20)24-16(2)22(29)25-19-6-4-17(5-7-19)21(23)28/h4-11,16,24H,3,12-15H2,1-2H3,(H2,23,28)(H,25,29)/t16-/m1/s1. The molecule has 0 radical (unpaired) electrons.